The Hall–Kier alpha value is -2.61. The van der Waals surface area contributed by atoms with Crippen LogP contribution in [0.15, 0.2) is 48.5 Å². The molecular weight excluding hydrogens is 446 g/mol. The number of carbonyl (C=O) groups excluding carboxylic acids is 2. The highest BCUT2D eigenvalue weighted by molar-refractivity contribution is 7.20. The van der Waals surface area contributed by atoms with E-state index in [0.717, 1.165) is 60.4 Å². The molecule has 0 saturated heterocycles. The van der Waals surface area contributed by atoms with E-state index in [1.165, 1.54) is 18.4 Å². The van der Waals surface area contributed by atoms with Gasteiger partial charge in [0.15, 0.2) is 0 Å². The number of para-hydroxylation sites is 1. The maximum absolute atomic E-state index is 8.00. The lowest BCUT2D eigenvalue weighted by molar-refractivity contribution is -0.0987. The molecular formula is C27H39N3O3S. The van der Waals surface area contributed by atoms with Crippen molar-refractivity contribution in [2.45, 2.75) is 52.5 Å². The van der Waals surface area contributed by atoms with Crippen molar-refractivity contribution in [2.75, 3.05) is 19.6 Å². The Morgan fingerprint density at radius 2 is 1.65 bits per heavy atom. The van der Waals surface area contributed by atoms with Gasteiger partial charge in [-0.2, -0.15) is 0 Å². The Labute approximate surface area is 208 Å². The van der Waals surface area contributed by atoms with Crippen molar-refractivity contribution in [1.82, 2.24) is 9.88 Å². The number of aromatic nitrogens is 1. The second kappa shape index (κ2) is 16.9. The molecule has 7 heteroatoms. The molecule has 0 unspecified atom stereocenters. The van der Waals surface area contributed by atoms with Gasteiger partial charge in [0.2, 0.25) is 0 Å². The van der Waals surface area contributed by atoms with Crippen molar-refractivity contribution in [1.29, 1.82) is 0 Å². The molecule has 186 valence electrons. The Morgan fingerprint density at radius 1 is 1.03 bits per heavy atom. The van der Waals surface area contributed by atoms with Gasteiger partial charge in [0.25, 0.3) is 5.19 Å². The number of nitrogens with zero attached hydrogens (tertiary/aromatic N) is 2. The van der Waals surface area contributed by atoms with Crippen LogP contribution in [0.25, 0.3) is 10.2 Å². The summed E-state index contributed by atoms with van der Waals surface area (Å²) in [5.41, 5.74) is 8.00. The molecule has 3 aromatic rings. The first-order chi connectivity index (χ1) is 16.5. The van der Waals surface area contributed by atoms with E-state index in [9.17, 15) is 0 Å². The first-order valence-electron chi connectivity index (χ1n) is 11.7. The van der Waals surface area contributed by atoms with Gasteiger partial charge in [-0.15, -0.1) is 0 Å². The van der Waals surface area contributed by atoms with Crippen LogP contribution in [0.5, 0.6) is 10.9 Å². The summed E-state index contributed by atoms with van der Waals surface area (Å²) in [4.78, 5) is 23.1. The standard InChI is InChI=1S/C21H25N3OS.C4H10.2CH2O/c22-13-3-14-24(17-8-9-17)15-12-16-6-10-18(11-7-16)25-21-23-19-4-1-2-5-20(19)26-21;1-4(2)3;2*1-2/h1-2,4-7,10-11,17H,3,8-9,12-15,22H2;4H,1-3H3;2*1H2. The van der Waals surface area contributed by atoms with E-state index in [4.69, 9.17) is 20.1 Å². The van der Waals surface area contributed by atoms with Crippen LogP contribution in [0.2, 0.25) is 0 Å². The fourth-order valence-electron chi connectivity index (χ4n) is 3.20. The molecule has 4 rings (SSSR count). The van der Waals surface area contributed by atoms with Crippen molar-refractivity contribution >= 4 is 35.1 Å². The highest BCUT2D eigenvalue weighted by Crippen LogP contribution is 2.31. The Morgan fingerprint density at radius 3 is 2.21 bits per heavy atom. The lowest BCUT2D eigenvalue weighted by atomic mass is 10.1. The largest absolute Gasteiger partial charge is 0.431 e. The zero-order chi connectivity index (χ0) is 25.3. The molecule has 1 aliphatic carbocycles. The molecule has 1 saturated carbocycles. The molecule has 0 spiro atoms. The van der Waals surface area contributed by atoms with E-state index in [0.29, 0.717) is 5.19 Å². The molecule has 0 atom stereocenters. The van der Waals surface area contributed by atoms with Crippen LogP contribution in [0.1, 0.15) is 45.6 Å². The Kier molecular flexibility index (Phi) is 14.6. The third-order valence-electron chi connectivity index (χ3n) is 4.80. The Balaban J connectivity index is 0.000000644. The molecule has 2 N–H and O–H groups in total. The summed E-state index contributed by atoms with van der Waals surface area (Å²) in [5.74, 6) is 1.68. The summed E-state index contributed by atoms with van der Waals surface area (Å²) in [6.07, 6.45) is 4.85. The van der Waals surface area contributed by atoms with E-state index >= 15 is 0 Å². The summed E-state index contributed by atoms with van der Waals surface area (Å²) >= 11 is 1.58. The fourth-order valence-corrected chi connectivity index (χ4v) is 4.04. The van der Waals surface area contributed by atoms with Crippen LogP contribution >= 0.6 is 11.3 Å². The minimum Gasteiger partial charge on any atom is -0.431 e. The number of nitrogens with two attached hydrogens (primary N) is 1. The molecule has 1 aromatic heterocycles. The summed E-state index contributed by atoms with van der Waals surface area (Å²) in [7, 11) is 0. The van der Waals surface area contributed by atoms with Gasteiger partial charge < -0.3 is 25.0 Å². The van der Waals surface area contributed by atoms with E-state index in [1.54, 1.807) is 11.3 Å². The molecule has 6 nitrogen and oxygen atoms in total. The van der Waals surface area contributed by atoms with Crippen molar-refractivity contribution in [3.05, 3.63) is 54.1 Å². The second-order valence-corrected chi connectivity index (χ2v) is 9.58. The van der Waals surface area contributed by atoms with Gasteiger partial charge in [-0.05, 0) is 74.5 Å². The van der Waals surface area contributed by atoms with Crippen LogP contribution in [-0.4, -0.2) is 49.1 Å². The summed E-state index contributed by atoms with van der Waals surface area (Å²) in [6, 6.07) is 17.3. The van der Waals surface area contributed by atoms with Crippen LogP contribution in [-0.2, 0) is 16.0 Å². The molecule has 1 heterocycles. The number of benzene rings is 2. The third kappa shape index (κ3) is 11.0. The summed E-state index contributed by atoms with van der Waals surface area (Å²) in [6.45, 7) is 13.5. The lowest BCUT2D eigenvalue weighted by Gasteiger charge is -2.21. The van der Waals surface area contributed by atoms with E-state index in [-0.39, 0.29) is 0 Å². The monoisotopic (exact) mass is 485 g/mol. The van der Waals surface area contributed by atoms with Crippen LogP contribution in [0.3, 0.4) is 0 Å². The topological polar surface area (TPSA) is 85.5 Å². The number of fused-ring (bicyclic) bond motifs is 1. The number of hydrogen-bond acceptors (Lipinski definition) is 7. The van der Waals surface area contributed by atoms with Gasteiger partial charge >= 0.3 is 0 Å². The van der Waals surface area contributed by atoms with Crippen LogP contribution in [0.4, 0.5) is 0 Å². The number of rotatable bonds is 9. The van der Waals surface area contributed by atoms with E-state index in [2.05, 4.69) is 48.9 Å². The molecule has 34 heavy (non-hydrogen) atoms. The van der Waals surface area contributed by atoms with Gasteiger partial charge in [-0.25, -0.2) is 4.98 Å². The quantitative estimate of drug-likeness (QED) is 0.416. The maximum Gasteiger partial charge on any atom is 0.279 e. The van der Waals surface area contributed by atoms with Gasteiger partial charge in [-0.1, -0.05) is 56.4 Å². The zero-order valence-corrected chi connectivity index (χ0v) is 21.6. The third-order valence-corrected chi connectivity index (χ3v) is 5.72. The maximum atomic E-state index is 8.00. The van der Waals surface area contributed by atoms with Crippen molar-refractivity contribution < 1.29 is 14.3 Å². The molecule has 0 amide bonds. The predicted molar refractivity (Wildman–Crippen MR) is 143 cm³/mol. The number of ether oxygens (including phenoxy) is 1. The Bertz CT molecular complexity index is 889. The first-order valence-corrected chi connectivity index (χ1v) is 12.5. The smallest absolute Gasteiger partial charge is 0.279 e. The van der Waals surface area contributed by atoms with Gasteiger partial charge in [0, 0.05) is 12.6 Å². The van der Waals surface area contributed by atoms with Crippen molar-refractivity contribution in [3.63, 3.8) is 0 Å². The predicted octanol–water partition coefficient (Wildman–Crippen LogP) is 5.74. The average molecular weight is 486 g/mol. The highest BCUT2D eigenvalue weighted by Gasteiger charge is 2.27. The van der Waals surface area contributed by atoms with Crippen molar-refractivity contribution in [3.8, 4) is 10.9 Å². The normalized spacial score (nSPS) is 12.2. The fraction of sp³-hybridized carbons (Fsp3) is 0.444. The number of thiazole rings is 1. The summed E-state index contributed by atoms with van der Waals surface area (Å²) in [5, 5.41) is 0.695. The van der Waals surface area contributed by atoms with Crippen molar-refractivity contribution in [2.24, 2.45) is 11.7 Å². The highest BCUT2D eigenvalue weighted by atomic mass is 32.1. The SMILES string of the molecule is C=O.C=O.CC(C)C.NCCCN(CCc1ccc(Oc2nc3ccccc3s2)cc1)C1CC1. The minimum absolute atomic E-state index is 0.695. The van der Waals surface area contributed by atoms with Gasteiger partial charge in [0.05, 0.1) is 10.2 Å². The van der Waals surface area contributed by atoms with Crippen LogP contribution in [0, 0.1) is 5.92 Å². The second-order valence-electron chi connectivity index (χ2n) is 8.58. The van der Waals surface area contributed by atoms with Gasteiger partial charge in [0.1, 0.15) is 19.3 Å². The molecule has 2 aromatic carbocycles. The minimum atomic E-state index is 0.695. The number of hydrogen-bond donors (Lipinski definition) is 1. The molecule has 0 bridgehead atoms. The van der Waals surface area contributed by atoms with E-state index < -0.39 is 0 Å². The van der Waals surface area contributed by atoms with Gasteiger partial charge in [-0.3, -0.25) is 0 Å². The average Bonchev–Trinajstić information content (AvgIpc) is 3.61. The first kappa shape index (κ1) is 29.4. The molecule has 0 aliphatic heterocycles. The lowest BCUT2D eigenvalue weighted by Crippen LogP contribution is -2.30. The molecule has 1 aliphatic rings. The zero-order valence-electron chi connectivity index (χ0n) is 20.7. The molecule has 1 fully saturated rings. The summed E-state index contributed by atoms with van der Waals surface area (Å²) < 4.78 is 7.08. The number of carbonyl (C=O) groups is 2. The van der Waals surface area contributed by atoms with E-state index in [1.807, 2.05) is 43.9 Å². The molecule has 0 radical (unpaired) electrons. The van der Waals surface area contributed by atoms with Crippen LogP contribution < -0.4 is 10.5 Å².